The van der Waals surface area contributed by atoms with Crippen LogP contribution in [0.5, 0.6) is 5.75 Å². The summed E-state index contributed by atoms with van der Waals surface area (Å²) in [4.78, 5) is 0. The van der Waals surface area contributed by atoms with Crippen LogP contribution in [0.1, 0.15) is 17.4 Å². The van der Waals surface area contributed by atoms with Crippen LogP contribution in [-0.4, -0.2) is 5.11 Å². The Bertz CT molecular complexity index is 640. The summed E-state index contributed by atoms with van der Waals surface area (Å²) in [6.07, 6.45) is -6.82. The molecule has 0 heterocycles. The molecule has 0 saturated carbocycles. The van der Waals surface area contributed by atoms with E-state index in [0.717, 1.165) is 18.2 Å². The van der Waals surface area contributed by atoms with Gasteiger partial charge in [-0.05, 0) is 24.3 Å². The lowest BCUT2D eigenvalue weighted by atomic mass is 10.2. The van der Waals surface area contributed by atoms with Crippen LogP contribution in [0.15, 0.2) is 42.5 Å². The Morgan fingerprint density at radius 1 is 0.952 bits per heavy atom. The maximum absolute atomic E-state index is 13.7. The minimum Gasteiger partial charge on any atom is -0.458 e. The molecule has 1 unspecified atom stereocenters. The SMILES string of the molecule is OC(Oc1cccc(C(F)(F)F)c1F)c1ccccc1F. The molecule has 7 heteroatoms. The van der Waals surface area contributed by atoms with Gasteiger partial charge in [-0.25, -0.2) is 8.78 Å². The van der Waals surface area contributed by atoms with Gasteiger partial charge in [0, 0.05) is 0 Å². The monoisotopic (exact) mass is 304 g/mol. The zero-order valence-electron chi connectivity index (χ0n) is 10.4. The van der Waals surface area contributed by atoms with Crippen molar-refractivity contribution in [1.29, 1.82) is 0 Å². The summed E-state index contributed by atoms with van der Waals surface area (Å²) in [5.74, 6) is -3.31. The Morgan fingerprint density at radius 3 is 2.24 bits per heavy atom. The Balaban J connectivity index is 2.31. The van der Waals surface area contributed by atoms with Crippen molar-refractivity contribution in [3.63, 3.8) is 0 Å². The molecule has 0 aliphatic heterocycles. The average Bonchev–Trinajstić information content (AvgIpc) is 2.40. The van der Waals surface area contributed by atoms with E-state index in [1.165, 1.54) is 18.2 Å². The molecule has 1 N–H and O–H groups in total. The number of hydrogen-bond donors (Lipinski definition) is 1. The van der Waals surface area contributed by atoms with Gasteiger partial charge < -0.3 is 9.84 Å². The number of aliphatic hydroxyl groups is 1. The number of hydrogen-bond acceptors (Lipinski definition) is 2. The summed E-state index contributed by atoms with van der Waals surface area (Å²) < 4.78 is 69.4. The topological polar surface area (TPSA) is 29.5 Å². The molecule has 2 rings (SSSR count). The fourth-order valence-electron chi connectivity index (χ4n) is 1.68. The van der Waals surface area contributed by atoms with E-state index in [1.54, 1.807) is 0 Å². The summed E-state index contributed by atoms with van der Waals surface area (Å²) in [5, 5.41) is 9.66. The molecular formula is C14H9F5O2. The minimum absolute atomic E-state index is 0.311. The van der Waals surface area contributed by atoms with Gasteiger partial charge in [-0.15, -0.1) is 0 Å². The summed E-state index contributed by atoms with van der Waals surface area (Å²) in [6, 6.07) is 7.33. The highest BCUT2D eigenvalue weighted by Crippen LogP contribution is 2.35. The second-order valence-electron chi connectivity index (χ2n) is 4.11. The van der Waals surface area contributed by atoms with E-state index in [1.807, 2.05) is 0 Å². The minimum atomic E-state index is -4.90. The lowest BCUT2D eigenvalue weighted by Gasteiger charge is -2.16. The molecule has 0 aliphatic rings. The van der Waals surface area contributed by atoms with E-state index < -0.39 is 35.4 Å². The highest BCUT2D eigenvalue weighted by Gasteiger charge is 2.35. The van der Waals surface area contributed by atoms with Gasteiger partial charge in [-0.3, -0.25) is 0 Å². The number of benzene rings is 2. The molecule has 0 bridgehead atoms. The van der Waals surface area contributed by atoms with Crippen molar-refractivity contribution < 1.29 is 31.8 Å². The molecule has 0 amide bonds. The Hall–Kier alpha value is -2.15. The zero-order valence-corrected chi connectivity index (χ0v) is 10.4. The Morgan fingerprint density at radius 2 is 1.62 bits per heavy atom. The first-order valence-electron chi connectivity index (χ1n) is 5.75. The summed E-state index contributed by atoms with van der Waals surface area (Å²) in [6.45, 7) is 0. The molecule has 0 saturated heterocycles. The van der Waals surface area contributed by atoms with Crippen molar-refractivity contribution in [2.24, 2.45) is 0 Å². The van der Waals surface area contributed by atoms with Crippen LogP contribution in [0.2, 0.25) is 0 Å². The molecule has 2 nitrogen and oxygen atoms in total. The fraction of sp³-hybridized carbons (Fsp3) is 0.143. The lowest BCUT2D eigenvalue weighted by molar-refractivity contribution is -0.140. The van der Waals surface area contributed by atoms with Gasteiger partial charge in [-0.2, -0.15) is 13.2 Å². The molecule has 112 valence electrons. The molecular weight excluding hydrogens is 295 g/mol. The molecule has 0 radical (unpaired) electrons. The van der Waals surface area contributed by atoms with Crippen molar-refractivity contribution >= 4 is 0 Å². The predicted octanol–water partition coefficient (Wildman–Crippen LogP) is 4.05. The maximum atomic E-state index is 13.7. The van der Waals surface area contributed by atoms with Crippen LogP contribution < -0.4 is 4.74 Å². The van der Waals surface area contributed by atoms with Crippen LogP contribution in [0.4, 0.5) is 22.0 Å². The predicted molar refractivity (Wildman–Crippen MR) is 63.4 cm³/mol. The van der Waals surface area contributed by atoms with Crippen molar-refractivity contribution in [2.75, 3.05) is 0 Å². The maximum Gasteiger partial charge on any atom is 0.419 e. The average molecular weight is 304 g/mol. The van der Waals surface area contributed by atoms with Crippen molar-refractivity contribution in [3.8, 4) is 5.75 Å². The number of alkyl halides is 3. The van der Waals surface area contributed by atoms with Crippen molar-refractivity contribution in [1.82, 2.24) is 0 Å². The fourth-order valence-corrected chi connectivity index (χ4v) is 1.68. The van der Waals surface area contributed by atoms with Gasteiger partial charge >= 0.3 is 6.18 Å². The van der Waals surface area contributed by atoms with Gasteiger partial charge in [-0.1, -0.05) is 18.2 Å². The van der Waals surface area contributed by atoms with Crippen LogP contribution in [-0.2, 0) is 6.18 Å². The molecule has 0 fully saturated rings. The van der Waals surface area contributed by atoms with Crippen LogP contribution in [0.25, 0.3) is 0 Å². The third-order valence-corrected chi connectivity index (χ3v) is 2.68. The van der Waals surface area contributed by atoms with Gasteiger partial charge in [0.1, 0.15) is 5.82 Å². The highest BCUT2D eigenvalue weighted by molar-refractivity contribution is 5.33. The van der Waals surface area contributed by atoms with Crippen LogP contribution in [0.3, 0.4) is 0 Å². The van der Waals surface area contributed by atoms with E-state index in [0.29, 0.717) is 6.07 Å². The smallest absolute Gasteiger partial charge is 0.419 e. The third-order valence-electron chi connectivity index (χ3n) is 2.68. The lowest BCUT2D eigenvalue weighted by Crippen LogP contribution is -2.13. The van der Waals surface area contributed by atoms with Gasteiger partial charge in [0.15, 0.2) is 11.6 Å². The molecule has 1 atom stereocenters. The first-order chi connectivity index (χ1) is 9.80. The number of ether oxygens (including phenoxy) is 1. The van der Waals surface area contributed by atoms with E-state index in [-0.39, 0.29) is 5.56 Å². The Kier molecular flexibility index (Phi) is 4.13. The van der Waals surface area contributed by atoms with Gasteiger partial charge in [0.2, 0.25) is 6.29 Å². The van der Waals surface area contributed by atoms with Crippen LogP contribution >= 0.6 is 0 Å². The summed E-state index contributed by atoms with van der Waals surface area (Å²) in [5.41, 5.74) is -1.84. The Labute approximate surface area is 116 Å². The number of aliphatic hydroxyl groups excluding tert-OH is 1. The summed E-state index contributed by atoms with van der Waals surface area (Å²) >= 11 is 0. The molecule has 2 aromatic carbocycles. The van der Waals surface area contributed by atoms with E-state index in [4.69, 9.17) is 0 Å². The highest BCUT2D eigenvalue weighted by atomic mass is 19.4. The summed E-state index contributed by atoms with van der Waals surface area (Å²) in [7, 11) is 0. The normalized spacial score (nSPS) is 13.0. The standard InChI is InChI=1S/C14H9F5O2/c15-10-6-2-1-4-8(10)13(20)21-11-7-3-5-9(12(11)16)14(17,18)19/h1-7,13,20H. The zero-order chi connectivity index (χ0) is 15.6. The number of halogens is 5. The molecule has 0 aliphatic carbocycles. The van der Waals surface area contributed by atoms with E-state index >= 15 is 0 Å². The van der Waals surface area contributed by atoms with Crippen molar-refractivity contribution in [2.45, 2.75) is 12.5 Å². The molecule has 0 spiro atoms. The van der Waals surface area contributed by atoms with Crippen LogP contribution in [0, 0.1) is 11.6 Å². The largest absolute Gasteiger partial charge is 0.458 e. The molecule has 2 aromatic rings. The van der Waals surface area contributed by atoms with Crippen molar-refractivity contribution in [3.05, 3.63) is 65.2 Å². The van der Waals surface area contributed by atoms with E-state index in [2.05, 4.69) is 4.74 Å². The first-order valence-corrected chi connectivity index (χ1v) is 5.75. The van der Waals surface area contributed by atoms with Gasteiger partial charge in [0.25, 0.3) is 0 Å². The quantitative estimate of drug-likeness (QED) is 0.684. The van der Waals surface area contributed by atoms with E-state index in [9.17, 15) is 27.1 Å². The van der Waals surface area contributed by atoms with Gasteiger partial charge in [0.05, 0.1) is 11.1 Å². The second kappa shape index (κ2) is 5.69. The first kappa shape index (κ1) is 15.2. The third kappa shape index (κ3) is 3.30. The number of rotatable bonds is 3. The molecule has 0 aromatic heterocycles. The molecule has 21 heavy (non-hydrogen) atoms. The second-order valence-corrected chi connectivity index (χ2v) is 4.11.